The quantitative estimate of drug-likeness (QED) is 0.622. The minimum absolute atomic E-state index is 0.112. The Labute approximate surface area is 121 Å². The number of nitro groups is 1. The first-order valence-electron chi connectivity index (χ1n) is 6.72. The summed E-state index contributed by atoms with van der Waals surface area (Å²) in [6, 6.07) is 2.42. The summed E-state index contributed by atoms with van der Waals surface area (Å²) in [6.07, 6.45) is 2.19. The number of aromatic nitrogens is 1. The van der Waals surface area contributed by atoms with Gasteiger partial charge in [-0.05, 0) is 12.5 Å². The lowest BCUT2D eigenvalue weighted by molar-refractivity contribution is -0.384. The maximum Gasteiger partial charge on any atom is 0.311 e. The second-order valence-corrected chi connectivity index (χ2v) is 4.85. The molecule has 0 aromatic carbocycles. The van der Waals surface area contributed by atoms with E-state index in [9.17, 15) is 20.0 Å². The Morgan fingerprint density at radius 3 is 3.00 bits per heavy atom. The molecule has 21 heavy (non-hydrogen) atoms. The Bertz CT molecular complexity index is 536. The van der Waals surface area contributed by atoms with Crippen LogP contribution in [0.4, 0.5) is 11.5 Å². The number of pyridine rings is 1. The van der Waals surface area contributed by atoms with Gasteiger partial charge in [0, 0.05) is 18.8 Å². The number of ether oxygens (including phenoxy) is 1. The largest absolute Gasteiger partial charge is 0.481 e. The van der Waals surface area contributed by atoms with Gasteiger partial charge in [-0.2, -0.15) is 0 Å². The van der Waals surface area contributed by atoms with Gasteiger partial charge >= 0.3 is 11.7 Å². The van der Waals surface area contributed by atoms with E-state index in [4.69, 9.17) is 4.74 Å². The lowest BCUT2D eigenvalue weighted by Crippen LogP contribution is -2.44. The molecule has 8 nitrogen and oxygen atoms in total. The van der Waals surface area contributed by atoms with Gasteiger partial charge in [-0.3, -0.25) is 14.9 Å². The summed E-state index contributed by atoms with van der Waals surface area (Å²) < 4.78 is 5.26. The Hall–Kier alpha value is -2.22. The van der Waals surface area contributed by atoms with Crippen LogP contribution >= 0.6 is 0 Å². The van der Waals surface area contributed by atoms with Crippen molar-refractivity contribution in [2.45, 2.75) is 19.4 Å². The third-order valence-electron chi connectivity index (χ3n) is 3.47. The van der Waals surface area contributed by atoms with Gasteiger partial charge in [-0.1, -0.05) is 6.92 Å². The van der Waals surface area contributed by atoms with E-state index in [0.29, 0.717) is 6.54 Å². The number of carboxylic acids is 1. The molecule has 114 valence electrons. The van der Waals surface area contributed by atoms with Gasteiger partial charge in [-0.15, -0.1) is 0 Å². The zero-order valence-corrected chi connectivity index (χ0v) is 11.6. The molecule has 2 atom stereocenters. The van der Waals surface area contributed by atoms with Crippen molar-refractivity contribution in [3.05, 3.63) is 28.4 Å². The van der Waals surface area contributed by atoms with Gasteiger partial charge in [0.15, 0.2) is 0 Å². The lowest BCUT2D eigenvalue weighted by atomic mass is 10.0. The van der Waals surface area contributed by atoms with Gasteiger partial charge in [0.1, 0.15) is 5.92 Å². The maximum absolute atomic E-state index is 11.3. The van der Waals surface area contributed by atoms with E-state index in [1.165, 1.54) is 18.3 Å². The van der Waals surface area contributed by atoms with Crippen molar-refractivity contribution in [2.24, 2.45) is 5.92 Å². The number of carboxylic acid groups (broad SMARTS) is 1. The molecule has 2 rings (SSSR count). The fraction of sp³-hybridized carbons (Fsp3) is 0.538. The molecule has 1 aromatic rings. The fourth-order valence-electron chi connectivity index (χ4n) is 2.51. The monoisotopic (exact) mass is 295 g/mol. The van der Waals surface area contributed by atoms with Crippen molar-refractivity contribution in [1.82, 2.24) is 4.98 Å². The first-order chi connectivity index (χ1) is 10.1. The summed E-state index contributed by atoms with van der Waals surface area (Å²) in [7, 11) is 0. The number of anilines is 1. The van der Waals surface area contributed by atoms with Gasteiger partial charge in [0.05, 0.1) is 24.2 Å². The van der Waals surface area contributed by atoms with Crippen molar-refractivity contribution >= 4 is 17.5 Å². The van der Waals surface area contributed by atoms with E-state index in [1.54, 1.807) is 4.90 Å². The van der Waals surface area contributed by atoms with E-state index in [1.807, 2.05) is 6.92 Å². The molecule has 1 fully saturated rings. The smallest absolute Gasteiger partial charge is 0.311 e. The predicted molar refractivity (Wildman–Crippen MR) is 74.3 cm³/mol. The summed E-state index contributed by atoms with van der Waals surface area (Å²) >= 11 is 0. The van der Waals surface area contributed by atoms with E-state index in [-0.39, 0.29) is 24.7 Å². The van der Waals surface area contributed by atoms with Crippen LogP contribution in [0.3, 0.4) is 0 Å². The van der Waals surface area contributed by atoms with Crippen LogP contribution in [0.15, 0.2) is 18.3 Å². The van der Waals surface area contributed by atoms with E-state index in [2.05, 4.69) is 4.98 Å². The molecule has 2 unspecified atom stereocenters. The minimum atomic E-state index is -0.961. The number of aliphatic carboxylic acids is 1. The van der Waals surface area contributed by atoms with Crippen LogP contribution in [0.2, 0.25) is 0 Å². The zero-order valence-electron chi connectivity index (χ0n) is 11.6. The van der Waals surface area contributed by atoms with Crippen molar-refractivity contribution < 1.29 is 19.6 Å². The fourth-order valence-corrected chi connectivity index (χ4v) is 2.51. The molecule has 8 heteroatoms. The molecule has 0 radical (unpaired) electrons. The summed E-state index contributed by atoms with van der Waals surface area (Å²) in [5.41, 5.74) is -0.123. The molecule has 0 spiro atoms. The zero-order chi connectivity index (χ0) is 15.4. The summed E-state index contributed by atoms with van der Waals surface area (Å²) in [4.78, 5) is 27.7. The van der Waals surface area contributed by atoms with Crippen molar-refractivity contribution in [3.8, 4) is 0 Å². The molecule has 0 amide bonds. The molecule has 0 bridgehead atoms. The second-order valence-electron chi connectivity index (χ2n) is 4.85. The van der Waals surface area contributed by atoms with Crippen LogP contribution in [0.1, 0.15) is 13.3 Å². The van der Waals surface area contributed by atoms with Gasteiger partial charge in [0.2, 0.25) is 5.82 Å². The normalized spacial score (nSPS) is 21.2. The molecule has 1 aliphatic rings. The Kier molecular flexibility index (Phi) is 4.69. The van der Waals surface area contributed by atoms with Crippen LogP contribution in [-0.2, 0) is 9.53 Å². The van der Waals surface area contributed by atoms with Crippen molar-refractivity contribution in [1.29, 1.82) is 0 Å². The van der Waals surface area contributed by atoms with E-state index in [0.717, 1.165) is 6.42 Å². The van der Waals surface area contributed by atoms with Crippen LogP contribution in [0, 0.1) is 16.0 Å². The van der Waals surface area contributed by atoms with E-state index >= 15 is 0 Å². The van der Waals surface area contributed by atoms with Gasteiger partial charge in [-0.25, -0.2) is 4.98 Å². The Morgan fingerprint density at radius 2 is 2.38 bits per heavy atom. The highest BCUT2D eigenvalue weighted by Gasteiger charge is 2.40. The molecule has 1 N–H and O–H groups in total. The third-order valence-corrected chi connectivity index (χ3v) is 3.47. The Balaban J connectivity index is 2.39. The Morgan fingerprint density at radius 1 is 1.62 bits per heavy atom. The molecular formula is C13H17N3O5. The molecular weight excluding hydrogens is 278 g/mol. The predicted octanol–water partition coefficient (Wildman–Crippen LogP) is 1.31. The van der Waals surface area contributed by atoms with Crippen LogP contribution in [0.25, 0.3) is 0 Å². The third kappa shape index (κ3) is 3.10. The number of rotatable bonds is 6. The minimum Gasteiger partial charge on any atom is -0.481 e. The average molecular weight is 295 g/mol. The number of carbonyl (C=O) groups is 1. The molecule has 0 aliphatic carbocycles. The molecule has 1 aromatic heterocycles. The lowest BCUT2D eigenvalue weighted by Gasteiger charge is -2.30. The van der Waals surface area contributed by atoms with Gasteiger partial charge < -0.3 is 14.7 Å². The topological polar surface area (TPSA) is 106 Å². The molecule has 1 aliphatic heterocycles. The standard InChI is InChI=1S/C13H17N3O5/c1-2-6-15(11-8-21-7-9(11)13(17)18)12-10(16(19)20)4-3-5-14-12/h3-5,9,11H,2,6-8H2,1H3,(H,17,18). The summed E-state index contributed by atoms with van der Waals surface area (Å²) in [5.74, 6) is -1.47. The molecule has 0 saturated carbocycles. The van der Waals surface area contributed by atoms with Crippen LogP contribution in [0.5, 0.6) is 0 Å². The van der Waals surface area contributed by atoms with Crippen LogP contribution < -0.4 is 4.90 Å². The highest BCUT2D eigenvalue weighted by molar-refractivity contribution is 5.73. The number of nitrogens with zero attached hydrogens (tertiary/aromatic N) is 3. The number of hydrogen-bond donors (Lipinski definition) is 1. The first-order valence-corrected chi connectivity index (χ1v) is 6.72. The highest BCUT2D eigenvalue weighted by Crippen LogP contribution is 2.31. The highest BCUT2D eigenvalue weighted by atomic mass is 16.6. The van der Waals surface area contributed by atoms with Crippen LogP contribution in [-0.4, -0.2) is 46.8 Å². The SMILES string of the molecule is CCCN(c1ncccc1[N+](=O)[O-])C1COCC1C(=O)O. The summed E-state index contributed by atoms with van der Waals surface area (Å²) in [5, 5.41) is 20.4. The number of hydrogen-bond acceptors (Lipinski definition) is 6. The van der Waals surface area contributed by atoms with Crippen molar-refractivity contribution in [2.75, 3.05) is 24.7 Å². The average Bonchev–Trinajstić information content (AvgIpc) is 2.94. The van der Waals surface area contributed by atoms with Gasteiger partial charge in [0.25, 0.3) is 0 Å². The summed E-state index contributed by atoms with van der Waals surface area (Å²) in [6.45, 7) is 2.74. The maximum atomic E-state index is 11.3. The van der Waals surface area contributed by atoms with Crippen molar-refractivity contribution in [3.63, 3.8) is 0 Å². The first kappa shape index (κ1) is 15.2. The van der Waals surface area contributed by atoms with E-state index < -0.39 is 22.9 Å². The molecule has 1 saturated heterocycles. The molecule has 2 heterocycles. The second kappa shape index (κ2) is 6.49.